The van der Waals surface area contributed by atoms with Crippen LogP contribution in [0.1, 0.15) is 41.5 Å². The lowest BCUT2D eigenvalue weighted by Crippen LogP contribution is -2.05. The number of rotatable bonds is 4. The summed E-state index contributed by atoms with van der Waals surface area (Å²) >= 11 is 9.84. The summed E-state index contributed by atoms with van der Waals surface area (Å²) in [7, 11) is 1.77. The summed E-state index contributed by atoms with van der Waals surface area (Å²) < 4.78 is 4.34. The lowest BCUT2D eigenvalue weighted by atomic mass is 10.0. The minimum absolute atomic E-state index is 0.459. The highest BCUT2D eigenvalue weighted by molar-refractivity contribution is 9.10. The Bertz CT molecular complexity index is 690. The monoisotopic (exact) mass is 372 g/mol. The van der Waals surface area contributed by atoms with Crippen LogP contribution in [0.5, 0.6) is 0 Å². The van der Waals surface area contributed by atoms with Crippen LogP contribution < -0.4 is 0 Å². The van der Waals surface area contributed by atoms with Crippen molar-refractivity contribution < 1.29 is 5.11 Å². The normalized spacial score (nSPS) is 16.5. The van der Waals surface area contributed by atoms with E-state index in [1.807, 2.05) is 18.5 Å². The van der Waals surface area contributed by atoms with Gasteiger partial charge >= 0.3 is 0 Å². The summed E-state index contributed by atoms with van der Waals surface area (Å²) in [6.45, 7) is 4.66. The Hall–Kier alpha value is -0.850. The van der Waals surface area contributed by atoms with Crippen molar-refractivity contribution in [2.75, 3.05) is 0 Å². The Labute approximate surface area is 137 Å². The van der Waals surface area contributed by atoms with E-state index >= 15 is 0 Å². The number of nitrogens with zero attached hydrogens (tertiary/aromatic N) is 4. The summed E-state index contributed by atoms with van der Waals surface area (Å²) in [5.74, 6) is 0.717. The molecule has 114 valence electrons. The second-order valence-electron chi connectivity index (χ2n) is 5.73. The molecule has 5 nitrogen and oxygen atoms in total. The van der Waals surface area contributed by atoms with Crippen LogP contribution in [0.3, 0.4) is 0 Å². The summed E-state index contributed by atoms with van der Waals surface area (Å²) in [5, 5.41) is 20.0. The number of aromatic nitrogens is 4. The van der Waals surface area contributed by atoms with Gasteiger partial charge in [0.25, 0.3) is 0 Å². The van der Waals surface area contributed by atoms with Crippen molar-refractivity contribution >= 4 is 27.5 Å². The molecule has 21 heavy (non-hydrogen) atoms. The molecular formula is C14H18BrClN4O. The van der Waals surface area contributed by atoms with E-state index < -0.39 is 6.10 Å². The Morgan fingerprint density at radius 1 is 1.29 bits per heavy atom. The Balaban J connectivity index is 2.00. The van der Waals surface area contributed by atoms with E-state index in [-0.39, 0.29) is 0 Å². The molecule has 2 aromatic rings. The van der Waals surface area contributed by atoms with E-state index in [0.29, 0.717) is 16.6 Å². The third kappa shape index (κ3) is 2.64. The molecule has 3 rings (SSSR count). The Morgan fingerprint density at radius 3 is 2.43 bits per heavy atom. The van der Waals surface area contributed by atoms with E-state index in [4.69, 9.17) is 11.6 Å². The van der Waals surface area contributed by atoms with Gasteiger partial charge in [0, 0.05) is 24.7 Å². The van der Waals surface area contributed by atoms with Crippen molar-refractivity contribution in [1.29, 1.82) is 0 Å². The van der Waals surface area contributed by atoms with Crippen LogP contribution in [-0.4, -0.2) is 24.7 Å². The SMILES string of the molecule is Cc1nn(C)c(Cl)c1C(O)c1c(C)nn(CC2CC2)c1Br. The van der Waals surface area contributed by atoms with E-state index in [2.05, 4.69) is 26.1 Å². The number of hydrogen-bond donors (Lipinski definition) is 1. The fourth-order valence-electron chi connectivity index (χ4n) is 2.65. The lowest BCUT2D eigenvalue weighted by molar-refractivity contribution is 0.218. The molecule has 0 aliphatic heterocycles. The topological polar surface area (TPSA) is 55.9 Å². The first-order valence-corrected chi connectivity index (χ1v) is 8.17. The van der Waals surface area contributed by atoms with Crippen LogP contribution in [0.4, 0.5) is 0 Å². The first-order valence-electron chi connectivity index (χ1n) is 7.00. The van der Waals surface area contributed by atoms with Crippen LogP contribution in [0.25, 0.3) is 0 Å². The molecule has 1 aliphatic rings. The lowest BCUT2D eigenvalue weighted by Gasteiger charge is -2.11. The maximum Gasteiger partial charge on any atom is 0.133 e. The molecule has 7 heteroatoms. The van der Waals surface area contributed by atoms with Crippen LogP contribution in [0.15, 0.2) is 4.60 Å². The zero-order valence-electron chi connectivity index (χ0n) is 12.3. The second kappa shape index (κ2) is 5.41. The quantitative estimate of drug-likeness (QED) is 0.896. The van der Waals surface area contributed by atoms with E-state index in [9.17, 15) is 5.11 Å². The number of aliphatic hydroxyl groups is 1. The van der Waals surface area contributed by atoms with Gasteiger partial charge in [-0.3, -0.25) is 9.36 Å². The number of aliphatic hydroxyl groups excluding tert-OH is 1. The first kappa shape index (κ1) is 15.1. The van der Waals surface area contributed by atoms with E-state index in [1.165, 1.54) is 12.8 Å². The van der Waals surface area contributed by atoms with Gasteiger partial charge in [-0.15, -0.1) is 0 Å². The fourth-order valence-corrected chi connectivity index (χ4v) is 3.65. The highest BCUT2D eigenvalue weighted by Gasteiger charge is 2.29. The second-order valence-corrected chi connectivity index (χ2v) is 6.84. The molecule has 0 spiro atoms. The molecule has 1 saturated carbocycles. The van der Waals surface area contributed by atoms with Crippen molar-refractivity contribution in [3.63, 3.8) is 0 Å². The van der Waals surface area contributed by atoms with Gasteiger partial charge in [-0.25, -0.2) is 0 Å². The maximum absolute atomic E-state index is 10.8. The molecule has 0 aromatic carbocycles. The van der Waals surface area contributed by atoms with Crippen molar-refractivity contribution in [1.82, 2.24) is 19.6 Å². The molecule has 2 heterocycles. The molecule has 1 aliphatic carbocycles. The van der Waals surface area contributed by atoms with Crippen LogP contribution in [0.2, 0.25) is 5.15 Å². The number of hydrogen-bond acceptors (Lipinski definition) is 3. The van der Waals surface area contributed by atoms with Gasteiger partial charge in [0.1, 0.15) is 15.9 Å². The molecule has 1 unspecified atom stereocenters. The minimum Gasteiger partial charge on any atom is -0.383 e. The largest absolute Gasteiger partial charge is 0.383 e. The average molecular weight is 374 g/mol. The highest BCUT2D eigenvalue weighted by atomic mass is 79.9. The van der Waals surface area contributed by atoms with Gasteiger partial charge in [-0.2, -0.15) is 10.2 Å². The Morgan fingerprint density at radius 2 is 1.90 bits per heavy atom. The average Bonchev–Trinajstić information content (AvgIpc) is 3.11. The molecule has 1 atom stereocenters. The molecule has 0 amide bonds. The van der Waals surface area contributed by atoms with Gasteiger partial charge in [0.2, 0.25) is 0 Å². The van der Waals surface area contributed by atoms with Crippen molar-refractivity contribution in [3.05, 3.63) is 32.3 Å². The van der Waals surface area contributed by atoms with Gasteiger partial charge in [0.05, 0.1) is 11.4 Å². The summed E-state index contributed by atoms with van der Waals surface area (Å²) in [6.07, 6.45) is 1.70. The minimum atomic E-state index is -0.825. The molecule has 0 radical (unpaired) electrons. The van der Waals surface area contributed by atoms with E-state index in [1.54, 1.807) is 11.7 Å². The predicted octanol–water partition coefficient (Wildman–Crippen LogP) is 3.14. The molecule has 0 saturated heterocycles. The van der Waals surface area contributed by atoms with Crippen LogP contribution in [0, 0.1) is 19.8 Å². The third-order valence-electron chi connectivity index (χ3n) is 3.98. The Kier molecular flexibility index (Phi) is 3.88. The van der Waals surface area contributed by atoms with Gasteiger partial charge in [0.15, 0.2) is 0 Å². The molecule has 1 N–H and O–H groups in total. The van der Waals surface area contributed by atoms with Gasteiger partial charge in [-0.1, -0.05) is 11.6 Å². The number of halogens is 2. The summed E-state index contributed by atoms with van der Waals surface area (Å²) in [4.78, 5) is 0. The van der Waals surface area contributed by atoms with Gasteiger partial charge in [-0.05, 0) is 48.5 Å². The maximum atomic E-state index is 10.8. The van der Waals surface area contributed by atoms with Crippen molar-refractivity contribution in [2.45, 2.75) is 39.3 Å². The van der Waals surface area contributed by atoms with E-state index in [0.717, 1.165) is 28.1 Å². The van der Waals surface area contributed by atoms with Crippen LogP contribution >= 0.6 is 27.5 Å². The third-order valence-corrected chi connectivity index (χ3v) is 5.27. The summed E-state index contributed by atoms with van der Waals surface area (Å²) in [5.41, 5.74) is 2.97. The summed E-state index contributed by atoms with van der Waals surface area (Å²) in [6, 6.07) is 0. The predicted molar refractivity (Wildman–Crippen MR) is 84.4 cm³/mol. The number of aryl methyl sites for hydroxylation is 3. The van der Waals surface area contributed by atoms with Gasteiger partial charge < -0.3 is 5.11 Å². The fraction of sp³-hybridized carbons (Fsp3) is 0.571. The van der Waals surface area contributed by atoms with Crippen LogP contribution in [-0.2, 0) is 13.6 Å². The molecule has 1 fully saturated rings. The van der Waals surface area contributed by atoms with Crippen molar-refractivity contribution in [2.24, 2.45) is 13.0 Å². The standard InChI is InChI=1S/C14H18BrClN4O/c1-7-10(13(15)20(18-7)6-9-4-5-9)12(21)11-8(2)17-19(3)14(11)16/h9,12,21H,4-6H2,1-3H3. The zero-order valence-corrected chi connectivity index (χ0v) is 14.6. The molecule has 2 aromatic heterocycles. The highest BCUT2D eigenvalue weighted by Crippen LogP contribution is 2.38. The molecular weight excluding hydrogens is 356 g/mol. The zero-order chi connectivity index (χ0) is 15.3. The van der Waals surface area contributed by atoms with Crippen molar-refractivity contribution in [3.8, 4) is 0 Å². The smallest absolute Gasteiger partial charge is 0.133 e. The molecule has 0 bridgehead atoms. The first-order chi connectivity index (χ1) is 9.90.